The molecule has 1 atom stereocenters. The quantitative estimate of drug-likeness (QED) is 0.801. The van der Waals surface area contributed by atoms with Gasteiger partial charge in [-0.05, 0) is 0 Å². The van der Waals surface area contributed by atoms with Gasteiger partial charge >= 0.3 is 12.1 Å². The summed E-state index contributed by atoms with van der Waals surface area (Å²) in [4.78, 5) is 13.0. The summed E-state index contributed by atoms with van der Waals surface area (Å²) in [5, 5.41) is 8.64. The zero-order valence-corrected chi connectivity index (χ0v) is 7.85. The van der Waals surface area contributed by atoms with E-state index in [1.807, 2.05) is 0 Å². The number of carboxylic acid groups (broad SMARTS) is 1. The number of aromatic nitrogens is 1. The van der Waals surface area contributed by atoms with Crippen molar-refractivity contribution in [3.63, 3.8) is 0 Å². The highest BCUT2D eigenvalue weighted by molar-refractivity contribution is 7.13. The smallest absolute Gasteiger partial charge is 0.435 e. The third-order valence-corrected chi connectivity index (χ3v) is 2.85. The Bertz CT molecular complexity index is 410. The van der Waals surface area contributed by atoms with Gasteiger partial charge in [-0.25, -0.2) is 9.78 Å². The number of halogens is 3. The number of aromatic carboxylic acids is 1. The molecule has 0 aromatic carbocycles. The van der Waals surface area contributed by atoms with Gasteiger partial charge in [-0.2, -0.15) is 13.2 Å². The van der Waals surface area contributed by atoms with Crippen LogP contribution in [0.5, 0.6) is 0 Å². The molecule has 1 N–H and O–H groups in total. The van der Waals surface area contributed by atoms with Crippen molar-refractivity contribution in [1.82, 2.24) is 4.98 Å². The zero-order chi connectivity index (χ0) is 11.2. The minimum absolute atomic E-state index is 0.0692. The van der Waals surface area contributed by atoms with E-state index in [0.717, 1.165) is 0 Å². The number of hydrogen-bond donors (Lipinski definition) is 1. The molecule has 2 heterocycles. The maximum atomic E-state index is 12.3. The van der Waals surface area contributed by atoms with E-state index in [1.54, 1.807) is 0 Å². The molecular weight excluding hydrogens is 235 g/mol. The van der Waals surface area contributed by atoms with Gasteiger partial charge in [-0.15, -0.1) is 11.3 Å². The minimum Gasteiger partial charge on any atom is -0.477 e. The summed E-state index contributed by atoms with van der Waals surface area (Å²) in [6.07, 6.45) is -5.21. The van der Waals surface area contributed by atoms with Crippen molar-refractivity contribution in [3.8, 4) is 0 Å². The summed E-state index contributed by atoms with van der Waals surface area (Å²) in [6.45, 7) is 0.296. The second-order valence-corrected chi connectivity index (χ2v) is 3.89. The highest BCUT2D eigenvalue weighted by atomic mass is 32.1. The molecule has 0 saturated carbocycles. The van der Waals surface area contributed by atoms with Crippen molar-refractivity contribution < 1.29 is 27.8 Å². The molecule has 1 aromatic heterocycles. The lowest BCUT2D eigenvalue weighted by Crippen LogP contribution is -2.11. The first kappa shape index (κ1) is 10.4. The molecule has 1 saturated heterocycles. The average molecular weight is 239 g/mol. The summed E-state index contributed by atoms with van der Waals surface area (Å²) >= 11 is 0.509. The van der Waals surface area contributed by atoms with Gasteiger partial charge in [0.15, 0.2) is 5.69 Å². The number of thiazole rings is 1. The summed E-state index contributed by atoms with van der Waals surface area (Å²) in [5.41, 5.74) is -1.34. The number of hydrogen-bond acceptors (Lipinski definition) is 4. The first-order chi connectivity index (χ1) is 6.89. The van der Waals surface area contributed by atoms with E-state index in [2.05, 4.69) is 4.98 Å². The molecule has 0 bridgehead atoms. The van der Waals surface area contributed by atoms with Gasteiger partial charge in [0, 0.05) is 0 Å². The molecule has 0 aliphatic carbocycles. The highest BCUT2D eigenvalue weighted by Crippen LogP contribution is 2.39. The molecule has 1 aliphatic rings. The Morgan fingerprint density at radius 3 is 2.53 bits per heavy atom. The molecule has 0 spiro atoms. The van der Waals surface area contributed by atoms with Crippen molar-refractivity contribution in [3.05, 3.63) is 15.6 Å². The molecule has 0 radical (unpaired) electrons. The summed E-state index contributed by atoms with van der Waals surface area (Å²) in [7, 11) is 0. The molecule has 1 aromatic rings. The number of carbonyl (C=O) groups is 1. The normalized spacial score (nSPS) is 20.3. The van der Waals surface area contributed by atoms with Crippen LogP contribution >= 0.6 is 11.3 Å². The van der Waals surface area contributed by atoms with Crippen molar-refractivity contribution >= 4 is 17.3 Å². The molecule has 4 nitrogen and oxygen atoms in total. The van der Waals surface area contributed by atoms with Crippen LogP contribution in [0.1, 0.15) is 26.5 Å². The van der Waals surface area contributed by atoms with Crippen LogP contribution in [0.2, 0.25) is 0 Å². The van der Waals surface area contributed by atoms with Gasteiger partial charge in [-0.1, -0.05) is 0 Å². The Morgan fingerprint density at radius 2 is 2.20 bits per heavy atom. The Morgan fingerprint density at radius 1 is 1.60 bits per heavy atom. The van der Waals surface area contributed by atoms with Crippen molar-refractivity contribution in [2.24, 2.45) is 0 Å². The molecule has 0 amide bonds. The van der Waals surface area contributed by atoms with E-state index >= 15 is 0 Å². The fourth-order valence-electron chi connectivity index (χ4n) is 1.00. The second kappa shape index (κ2) is 3.17. The topological polar surface area (TPSA) is 62.7 Å². The van der Waals surface area contributed by atoms with Crippen LogP contribution in [-0.2, 0) is 10.9 Å². The third kappa shape index (κ3) is 1.95. The van der Waals surface area contributed by atoms with E-state index in [0.29, 0.717) is 17.9 Å². The van der Waals surface area contributed by atoms with Crippen LogP contribution in [0.15, 0.2) is 0 Å². The fourth-order valence-corrected chi connectivity index (χ4v) is 1.96. The van der Waals surface area contributed by atoms with Gasteiger partial charge in [0.05, 0.1) is 6.61 Å². The Labute approximate surface area is 85.3 Å². The van der Waals surface area contributed by atoms with E-state index < -0.39 is 28.8 Å². The van der Waals surface area contributed by atoms with Crippen LogP contribution in [0.25, 0.3) is 0 Å². The first-order valence-electron chi connectivity index (χ1n) is 3.82. The largest absolute Gasteiger partial charge is 0.477 e. The van der Waals surface area contributed by atoms with Gasteiger partial charge in [0.2, 0.25) is 0 Å². The van der Waals surface area contributed by atoms with Gasteiger partial charge < -0.3 is 9.84 Å². The summed E-state index contributed by atoms with van der Waals surface area (Å²) < 4.78 is 41.8. The standard InChI is InChI=1S/C7H4F3NO3S/c8-7(9,10)4-3(6(12)13)15-5(11-4)2-1-14-2/h2H,1H2,(H,12,13). The number of epoxide rings is 1. The van der Waals surface area contributed by atoms with Crippen LogP contribution < -0.4 is 0 Å². The Kier molecular flexibility index (Phi) is 2.19. The van der Waals surface area contributed by atoms with Crippen LogP contribution in [-0.4, -0.2) is 22.7 Å². The maximum absolute atomic E-state index is 12.3. The number of ether oxygens (including phenoxy) is 1. The lowest BCUT2D eigenvalue weighted by atomic mass is 10.3. The molecule has 15 heavy (non-hydrogen) atoms. The highest BCUT2D eigenvalue weighted by Gasteiger charge is 2.42. The number of carboxylic acids is 1. The first-order valence-corrected chi connectivity index (χ1v) is 4.64. The van der Waals surface area contributed by atoms with E-state index in [-0.39, 0.29) is 5.01 Å². The molecule has 8 heteroatoms. The molecule has 1 aliphatic heterocycles. The van der Waals surface area contributed by atoms with Gasteiger partial charge in [-0.3, -0.25) is 0 Å². The van der Waals surface area contributed by atoms with Crippen molar-refractivity contribution in [1.29, 1.82) is 0 Å². The third-order valence-electron chi connectivity index (χ3n) is 1.72. The van der Waals surface area contributed by atoms with Crippen LogP contribution in [0, 0.1) is 0 Å². The van der Waals surface area contributed by atoms with Crippen molar-refractivity contribution in [2.45, 2.75) is 12.3 Å². The SMILES string of the molecule is O=C(O)c1sc(C2CO2)nc1C(F)(F)F. The fraction of sp³-hybridized carbons (Fsp3) is 0.429. The van der Waals surface area contributed by atoms with E-state index in [4.69, 9.17) is 9.84 Å². The predicted molar refractivity (Wildman–Crippen MR) is 42.8 cm³/mol. The van der Waals surface area contributed by atoms with E-state index in [9.17, 15) is 18.0 Å². The molecule has 1 unspecified atom stereocenters. The molecular formula is C7H4F3NO3S. The minimum atomic E-state index is -4.74. The monoisotopic (exact) mass is 239 g/mol. The number of nitrogens with zero attached hydrogens (tertiary/aromatic N) is 1. The van der Waals surface area contributed by atoms with Crippen molar-refractivity contribution in [2.75, 3.05) is 6.61 Å². The second-order valence-electron chi connectivity index (χ2n) is 2.85. The lowest BCUT2D eigenvalue weighted by molar-refractivity contribution is -0.141. The maximum Gasteiger partial charge on any atom is 0.435 e. The van der Waals surface area contributed by atoms with Crippen LogP contribution in [0.3, 0.4) is 0 Å². The summed E-state index contributed by atoms with van der Waals surface area (Å²) in [6, 6.07) is 0. The molecule has 82 valence electrons. The van der Waals surface area contributed by atoms with Gasteiger partial charge in [0.25, 0.3) is 0 Å². The average Bonchev–Trinajstić information content (AvgIpc) is 2.81. The molecule has 1 fully saturated rings. The molecule has 2 rings (SSSR count). The van der Waals surface area contributed by atoms with Crippen LogP contribution in [0.4, 0.5) is 13.2 Å². The summed E-state index contributed by atoms with van der Waals surface area (Å²) in [5.74, 6) is -1.62. The Balaban J connectivity index is 2.46. The number of alkyl halides is 3. The van der Waals surface area contributed by atoms with Gasteiger partial charge in [0.1, 0.15) is 16.0 Å². The van der Waals surface area contributed by atoms with E-state index in [1.165, 1.54) is 0 Å². The predicted octanol–water partition coefficient (Wildman–Crippen LogP) is 1.93. The zero-order valence-electron chi connectivity index (χ0n) is 7.04. The lowest BCUT2D eigenvalue weighted by Gasteiger charge is -2.02. The Hall–Kier alpha value is -1.15. The number of rotatable bonds is 2.